The second-order valence-corrected chi connectivity index (χ2v) is 10.1. The Labute approximate surface area is 165 Å². The van der Waals surface area contributed by atoms with E-state index < -0.39 is 9.84 Å². The highest BCUT2D eigenvalue weighted by Crippen LogP contribution is 2.29. The van der Waals surface area contributed by atoms with Crippen molar-refractivity contribution in [3.05, 3.63) is 35.9 Å². The Kier molecular flexibility index (Phi) is 8.61. The average molecular weight is 394 g/mol. The lowest BCUT2D eigenvalue weighted by Crippen LogP contribution is -2.45. The van der Waals surface area contributed by atoms with Crippen LogP contribution < -0.4 is 10.6 Å². The van der Waals surface area contributed by atoms with Crippen LogP contribution in [0.5, 0.6) is 0 Å². The van der Waals surface area contributed by atoms with Gasteiger partial charge in [0.25, 0.3) is 0 Å². The third-order valence-electron chi connectivity index (χ3n) is 5.43. The van der Waals surface area contributed by atoms with Crippen molar-refractivity contribution in [2.45, 2.75) is 57.7 Å². The molecule has 1 aromatic carbocycles. The lowest BCUT2D eigenvalue weighted by Gasteiger charge is -2.32. The first-order valence-electron chi connectivity index (χ1n) is 10.1. The number of hydrogen-bond donors (Lipinski definition) is 2. The third-order valence-corrected chi connectivity index (χ3v) is 7.12. The van der Waals surface area contributed by atoms with Gasteiger partial charge >= 0.3 is 0 Å². The monoisotopic (exact) mass is 393 g/mol. The molecule has 152 valence electrons. The summed E-state index contributed by atoms with van der Waals surface area (Å²) in [6.07, 6.45) is 5.47. The van der Waals surface area contributed by atoms with E-state index >= 15 is 0 Å². The highest BCUT2D eigenvalue weighted by atomic mass is 32.2. The topological polar surface area (TPSA) is 70.6 Å². The van der Waals surface area contributed by atoms with E-state index in [0.29, 0.717) is 19.0 Å². The predicted molar refractivity (Wildman–Crippen MR) is 114 cm³/mol. The standard InChI is InChI=1S/C21H35N3O2S/c1-17(2)19-10-12-20(13-11-19)24-21(22-3)23-14-7-15-27(25,26)16-18-8-5-4-6-9-18/h4-6,8-9,17,19-20H,7,10-16H2,1-3H3,(H2,22,23,24). The number of guanidine groups is 1. The van der Waals surface area contributed by atoms with Crippen LogP contribution in [0.3, 0.4) is 0 Å². The Balaban J connectivity index is 1.67. The zero-order valence-electron chi connectivity index (χ0n) is 16.9. The van der Waals surface area contributed by atoms with Gasteiger partial charge in [-0.1, -0.05) is 44.2 Å². The molecule has 1 aliphatic carbocycles. The van der Waals surface area contributed by atoms with Crippen LogP contribution in [0.25, 0.3) is 0 Å². The van der Waals surface area contributed by atoms with Gasteiger partial charge in [-0.15, -0.1) is 0 Å². The first kappa shape index (κ1) is 21.7. The van der Waals surface area contributed by atoms with Crippen molar-refractivity contribution in [2.75, 3.05) is 19.3 Å². The van der Waals surface area contributed by atoms with Gasteiger partial charge in [0.1, 0.15) is 0 Å². The number of hydrogen-bond acceptors (Lipinski definition) is 3. The molecule has 6 heteroatoms. The van der Waals surface area contributed by atoms with E-state index in [-0.39, 0.29) is 11.5 Å². The molecule has 1 aliphatic rings. The van der Waals surface area contributed by atoms with Crippen LogP contribution in [0.1, 0.15) is 51.5 Å². The van der Waals surface area contributed by atoms with Crippen LogP contribution in [0.2, 0.25) is 0 Å². The van der Waals surface area contributed by atoms with E-state index in [2.05, 4.69) is 29.5 Å². The summed E-state index contributed by atoms with van der Waals surface area (Å²) in [6.45, 7) is 5.23. The molecule has 0 spiro atoms. The van der Waals surface area contributed by atoms with Gasteiger partial charge in [-0.05, 0) is 49.5 Å². The van der Waals surface area contributed by atoms with Crippen molar-refractivity contribution in [3.63, 3.8) is 0 Å². The Bertz CT molecular complexity index is 679. The second kappa shape index (κ2) is 10.7. The molecule has 0 aromatic heterocycles. The summed E-state index contributed by atoms with van der Waals surface area (Å²) in [4.78, 5) is 4.28. The minimum atomic E-state index is -3.08. The summed E-state index contributed by atoms with van der Waals surface area (Å²) < 4.78 is 24.5. The molecule has 5 nitrogen and oxygen atoms in total. The fourth-order valence-corrected chi connectivity index (χ4v) is 5.15. The number of benzene rings is 1. The molecule has 0 unspecified atom stereocenters. The van der Waals surface area contributed by atoms with E-state index in [0.717, 1.165) is 23.4 Å². The lowest BCUT2D eigenvalue weighted by molar-refractivity contribution is 0.250. The first-order valence-corrected chi connectivity index (χ1v) is 11.9. The van der Waals surface area contributed by atoms with Crippen LogP contribution in [-0.2, 0) is 15.6 Å². The number of rotatable bonds is 8. The molecule has 1 fully saturated rings. The molecule has 1 aromatic rings. The van der Waals surface area contributed by atoms with Crippen LogP contribution >= 0.6 is 0 Å². The highest BCUT2D eigenvalue weighted by molar-refractivity contribution is 7.90. The van der Waals surface area contributed by atoms with Crippen molar-refractivity contribution >= 4 is 15.8 Å². The third kappa shape index (κ3) is 7.91. The maximum Gasteiger partial charge on any atom is 0.191 e. The molecule has 0 aliphatic heterocycles. The molecule has 2 N–H and O–H groups in total. The summed E-state index contributed by atoms with van der Waals surface area (Å²) in [6, 6.07) is 9.82. The largest absolute Gasteiger partial charge is 0.356 e. The summed E-state index contributed by atoms with van der Waals surface area (Å²) in [7, 11) is -1.32. The minimum absolute atomic E-state index is 0.111. The molecule has 0 atom stereocenters. The molecule has 2 rings (SSSR count). The molecule has 0 saturated heterocycles. The molecule has 0 heterocycles. The quantitative estimate of drug-likeness (QED) is 0.404. The number of sulfone groups is 1. The Hall–Kier alpha value is -1.56. The smallest absolute Gasteiger partial charge is 0.191 e. The fourth-order valence-electron chi connectivity index (χ4n) is 3.72. The van der Waals surface area contributed by atoms with Crippen LogP contribution in [0.15, 0.2) is 35.3 Å². The number of nitrogens with zero attached hydrogens (tertiary/aromatic N) is 1. The summed E-state index contributed by atoms with van der Waals surface area (Å²) in [5, 5.41) is 6.75. The highest BCUT2D eigenvalue weighted by Gasteiger charge is 2.23. The molecule has 1 saturated carbocycles. The summed E-state index contributed by atoms with van der Waals surface area (Å²) >= 11 is 0. The molecular formula is C21H35N3O2S. The number of aliphatic imine (C=N–C) groups is 1. The zero-order valence-corrected chi connectivity index (χ0v) is 17.8. The molecule has 27 heavy (non-hydrogen) atoms. The van der Waals surface area contributed by atoms with Gasteiger partial charge < -0.3 is 10.6 Å². The average Bonchev–Trinajstić information content (AvgIpc) is 2.65. The van der Waals surface area contributed by atoms with Crippen molar-refractivity contribution in [1.29, 1.82) is 0 Å². The van der Waals surface area contributed by atoms with Crippen LogP contribution in [0, 0.1) is 11.8 Å². The Morgan fingerprint density at radius 2 is 1.81 bits per heavy atom. The van der Waals surface area contributed by atoms with Gasteiger partial charge in [-0.2, -0.15) is 0 Å². The second-order valence-electron chi connectivity index (χ2n) is 7.93. The SMILES string of the molecule is CN=C(NCCCS(=O)(=O)Cc1ccccc1)NC1CCC(C(C)C)CC1. The maximum atomic E-state index is 12.2. The van der Waals surface area contributed by atoms with Crippen LogP contribution in [-0.4, -0.2) is 39.8 Å². The van der Waals surface area contributed by atoms with Crippen LogP contribution in [0.4, 0.5) is 0 Å². The Morgan fingerprint density at radius 3 is 2.41 bits per heavy atom. The summed E-state index contributed by atoms with van der Waals surface area (Å²) in [5.74, 6) is 2.68. The van der Waals surface area contributed by atoms with E-state index in [4.69, 9.17) is 0 Å². The van der Waals surface area contributed by atoms with E-state index in [1.165, 1.54) is 25.7 Å². The first-order chi connectivity index (χ1) is 12.9. The van der Waals surface area contributed by atoms with Crippen molar-refractivity contribution in [3.8, 4) is 0 Å². The van der Waals surface area contributed by atoms with Gasteiger partial charge in [-0.3, -0.25) is 4.99 Å². The van der Waals surface area contributed by atoms with Gasteiger partial charge in [0.05, 0.1) is 11.5 Å². The lowest BCUT2D eigenvalue weighted by atomic mass is 9.80. The van der Waals surface area contributed by atoms with Gasteiger partial charge in [0, 0.05) is 19.6 Å². The van der Waals surface area contributed by atoms with E-state index in [9.17, 15) is 8.42 Å². The predicted octanol–water partition coefficient (Wildman–Crippen LogP) is 3.37. The fraction of sp³-hybridized carbons (Fsp3) is 0.667. The van der Waals surface area contributed by atoms with E-state index in [1.54, 1.807) is 7.05 Å². The Morgan fingerprint density at radius 1 is 1.15 bits per heavy atom. The summed E-state index contributed by atoms with van der Waals surface area (Å²) in [5.41, 5.74) is 0.847. The van der Waals surface area contributed by atoms with Crippen molar-refractivity contribution < 1.29 is 8.42 Å². The van der Waals surface area contributed by atoms with Crippen molar-refractivity contribution in [1.82, 2.24) is 10.6 Å². The van der Waals surface area contributed by atoms with Gasteiger partial charge in [0.2, 0.25) is 0 Å². The minimum Gasteiger partial charge on any atom is -0.356 e. The molecule has 0 radical (unpaired) electrons. The van der Waals surface area contributed by atoms with E-state index in [1.807, 2.05) is 30.3 Å². The molecular weight excluding hydrogens is 358 g/mol. The molecule has 0 amide bonds. The normalized spacial score (nSPS) is 21.3. The van der Waals surface area contributed by atoms with Gasteiger partial charge in [-0.25, -0.2) is 8.42 Å². The van der Waals surface area contributed by atoms with Gasteiger partial charge in [0.15, 0.2) is 15.8 Å². The number of nitrogens with one attached hydrogen (secondary N) is 2. The zero-order chi connectivity index (χ0) is 19.7. The molecule has 0 bridgehead atoms. The maximum absolute atomic E-state index is 12.2. The van der Waals surface area contributed by atoms with Crippen molar-refractivity contribution in [2.24, 2.45) is 16.8 Å².